The van der Waals surface area contributed by atoms with Crippen LogP contribution in [0.2, 0.25) is 0 Å². The van der Waals surface area contributed by atoms with Crippen LogP contribution in [0.25, 0.3) is 0 Å². The number of benzene rings is 1. The van der Waals surface area contributed by atoms with E-state index in [2.05, 4.69) is 0 Å². The van der Waals surface area contributed by atoms with Crippen molar-refractivity contribution in [3.05, 3.63) is 29.8 Å². The second kappa shape index (κ2) is 5.71. The van der Waals surface area contributed by atoms with Crippen molar-refractivity contribution in [2.45, 2.75) is 25.7 Å². The monoisotopic (exact) mass is 234 g/mol. The third-order valence-corrected chi connectivity index (χ3v) is 3.21. The summed E-state index contributed by atoms with van der Waals surface area (Å²) in [6, 6.07) is 7.84. The highest BCUT2D eigenvalue weighted by atomic mass is 16.5. The van der Waals surface area contributed by atoms with E-state index in [-0.39, 0.29) is 11.9 Å². The first-order valence-corrected chi connectivity index (χ1v) is 6.09. The molecule has 17 heavy (non-hydrogen) atoms. The molecule has 1 aromatic carbocycles. The molecule has 0 aliphatic heterocycles. The van der Waals surface area contributed by atoms with Gasteiger partial charge in [-0.2, -0.15) is 0 Å². The molecule has 1 saturated carbocycles. The number of carbonyl (C=O) groups excluding carboxylic acids is 1. The number of carbonyl (C=O) groups is 1. The third-order valence-electron chi connectivity index (χ3n) is 3.21. The SMILES string of the molecule is COc1cccc(CCOC(=O)C2CCC2)c1. The largest absolute Gasteiger partial charge is 0.497 e. The average molecular weight is 234 g/mol. The van der Waals surface area contributed by atoms with E-state index in [0.29, 0.717) is 6.61 Å². The molecule has 3 nitrogen and oxygen atoms in total. The zero-order chi connectivity index (χ0) is 12.1. The first kappa shape index (κ1) is 12.0. The summed E-state index contributed by atoms with van der Waals surface area (Å²) < 4.78 is 10.4. The standard InChI is InChI=1S/C14H18O3/c1-16-13-7-2-4-11(10-13)8-9-17-14(15)12-5-3-6-12/h2,4,7,10,12H,3,5-6,8-9H2,1H3. The Labute approximate surface area is 102 Å². The van der Waals surface area contributed by atoms with Crippen molar-refractivity contribution in [2.75, 3.05) is 13.7 Å². The molecule has 1 aromatic rings. The fourth-order valence-electron chi connectivity index (χ4n) is 1.86. The van der Waals surface area contributed by atoms with Gasteiger partial charge < -0.3 is 9.47 Å². The highest BCUT2D eigenvalue weighted by Crippen LogP contribution is 2.27. The molecular weight excluding hydrogens is 216 g/mol. The van der Waals surface area contributed by atoms with Crippen molar-refractivity contribution in [3.8, 4) is 5.75 Å². The summed E-state index contributed by atoms with van der Waals surface area (Å²) in [5, 5.41) is 0. The van der Waals surface area contributed by atoms with E-state index in [1.807, 2.05) is 24.3 Å². The maximum Gasteiger partial charge on any atom is 0.308 e. The predicted molar refractivity (Wildman–Crippen MR) is 65.0 cm³/mol. The van der Waals surface area contributed by atoms with E-state index < -0.39 is 0 Å². The van der Waals surface area contributed by atoms with Gasteiger partial charge in [-0.05, 0) is 30.5 Å². The average Bonchev–Trinajstić information content (AvgIpc) is 2.27. The molecule has 3 heteroatoms. The molecule has 0 spiro atoms. The van der Waals surface area contributed by atoms with E-state index in [0.717, 1.165) is 37.0 Å². The zero-order valence-corrected chi connectivity index (χ0v) is 10.1. The second-order valence-electron chi connectivity index (χ2n) is 4.40. The minimum absolute atomic E-state index is 0.0286. The molecule has 0 aromatic heterocycles. The lowest BCUT2D eigenvalue weighted by Crippen LogP contribution is -2.24. The third kappa shape index (κ3) is 3.22. The maximum atomic E-state index is 11.5. The van der Waals surface area contributed by atoms with E-state index >= 15 is 0 Å². The number of ether oxygens (including phenoxy) is 2. The molecule has 0 radical (unpaired) electrons. The van der Waals surface area contributed by atoms with Gasteiger partial charge in [-0.1, -0.05) is 18.6 Å². The van der Waals surface area contributed by atoms with Gasteiger partial charge in [-0.3, -0.25) is 4.79 Å². The minimum atomic E-state index is -0.0286. The molecule has 0 bridgehead atoms. The van der Waals surface area contributed by atoms with E-state index in [1.54, 1.807) is 7.11 Å². The van der Waals surface area contributed by atoms with Gasteiger partial charge in [0.05, 0.1) is 19.6 Å². The number of rotatable bonds is 5. The molecule has 0 atom stereocenters. The molecule has 0 N–H and O–H groups in total. The van der Waals surface area contributed by atoms with Crippen LogP contribution in [0.1, 0.15) is 24.8 Å². The van der Waals surface area contributed by atoms with Crippen LogP contribution in [-0.4, -0.2) is 19.7 Å². The number of esters is 1. The Morgan fingerprint density at radius 3 is 2.88 bits per heavy atom. The summed E-state index contributed by atoms with van der Waals surface area (Å²) in [6.45, 7) is 0.461. The highest BCUT2D eigenvalue weighted by Gasteiger charge is 2.26. The summed E-state index contributed by atoms with van der Waals surface area (Å²) in [7, 11) is 1.65. The Balaban J connectivity index is 1.75. The van der Waals surface area contributed by atoms with E-state index in [9.17, 15) is 4.79 Å². The summed E-state index contributed by atoms with van der Waals surface area (Å²) in [4.78, 5) is 11.5. The fourth-order valence-corrected chi connectivity index (χ4v) is 1.86. The van der Waals surface area contributed by atoms with Gasteiger partial charge in [0.1, 0.15) is 5.75 Å². The molecule has 1 fully saturated rings. The van der Waals surface area contributed by atoms with E-state index in [1.165, 1.54) is 0 Å². The van der Waals surface area contributed by atoms with Gasteiger partial charge in [-0.15, -0.1) is 0 Å². The Morgan fingerprint density at radius 2 is 2.24 bits per heavy atom. The second-order valence-corrected chi connectivity index (χ2v) is 4.40. The van der Waals surface area contributed by atoms with Gasteiger partial charge in [0.25, 0.3) is 0 Å². The van der Waals surface area contributed by atoms with Crippen LogP contribution in [0, 0.1) is 5.92 Å². The van der Waals surface area contributed by atoms with Crippen LogP contribution in [0.15, 0.2) is 24.3 Å². The normalized spacial score (nSPS) is 15.1. The van der Waals surface area contributed by atoms with E-state index in [4.69, 9.17) is 9.47 Å². The number of methoxy groups -OCH3 is 1. The number of hydrogen-bond donors (Lipinski definition) is 0. The molecule has 0 saturated heterocycles. The van der Waals surface area contributed by atoms with Gasteiger partial charge >= 0.3 is 5.97 Å². The van der Waals surface area contributed by atoms with Crippen LogP contribution < -0.4 is 4.74 Å². The first-order chi connectivity index (χ1) is 8.29. The molecule has 1 aliphatic rings. The fraction of sp³-hybridized carbons (Fsp3) is 0.500. The van der Waals surface area contributed by atoms with Crippen molar-refractivity contribution in [1.82, 2.24) is 0 Å². The predicted octanol–water partition coefficient (Wildman–Crippen LogP) is 2.58. The quantitative estimate of drug-likeness (QED) is 0.734. The van der Waals surface area contributed by atoms with Gasteiger partial charge in [0, 0.05) is 6.42 Å². The van der Waals surface area contributed by atoms with Crippen LogP contribution >= 0.6 is 0 Å². The van der Waals surface area contributed by atoms with Gasteiger partial charge in [-0.25, -0.2) is 0 Å². The summed E-state index contributed by atoms with van der Waals surface area (Å²) in [5.74, 6) is 0.979. The van der Waals surface area contributed by atoms with Crippen molar-refractivity contribution in [2.24, 2.45) is 5.92 Å². The van der Waals surface area contributed by atoms with Crippen molar-refractivity contribution in [3.63, 3.8) is 0 Å². The molecule has 0 amide bonds. The summed E-state index contributed by atoms with van der Waals surface area (Å²) in [5.41, 5.74) is 1.13. The molecule has 1 aliphatic carbocycles. The van der Waals surface area contributed by atoms with Crippen LogP contribution in [-0.2, 0) is 16.0 Å². The first-order valence-electron chi connectivity index (χ1n) is 6.09. The maximum absolute atomic E-state index is 11.5. The van der Waals surface area contributed by atoms with Crippen LogP contribution in [0.5, 0.6) is 5.75 Å². The lowest BCUT2D eigenvalue weighted by Gasteiger charge is -2.23. The Morgan fingerprint density at radius 1 is 1.41 bits per heavy atom. The molecule has 0 unspecified atom stereocenters. The number of hydrogen-bond acceptors (Lipinski definition) is 3. The summed E-state index contributed by atoms with van der Waals surface area (Å²) >= 11 is 0. The Hall–Kier alpha value is -1.51. The van der Waals surface area contributed by atoms with Gasteiger partial charge in [0.2, 0.25) is 0 Å². The van der Waals surface area contributed by atoms with Crippen molar-refractivity contribution in [1.29, 1.82) is 0 Å². The minimum Gasteiger partial charge on any atom is -0.497 e. The molecule has 92 valence electrons. The Kier molecular flexibility index (Phi) is 4.02. The van der Waals surface area contributed by atoms with Crippen LogP contribution in [0.3, 0.4) is 0 Å². The zero-order valence-electron chi connectivity index (χ0n) is 10.1. The van der Waals surface area contributed by atoms with Crippen molar-refractivity contribution < 1.29 is 14.3 Å². The summed E-state index contributed by atoms with van der Waals surface area (Å²) in [6.07, 6.45) is 3.90. The topological polar surface area (TPSA) is 35.5 Å². The van der Waals surface area contributed by atoms with Gasteiger partial charge in [0.15, 0.2) is 0 Å². The molecule has 2 rings (SSSR count). The Bertz CT molecular complexity index is 383. The smallest absolute Gasteiger partial charge is 0.308 e. The van der Waals surface area contributed by atoms with Crippen molar-refractivity contribution >= 4 is 5.97 Å². The lowest BCUT2D eigenvalue weighted by molar-refractivity contribution is -0.151. The van der Waals surface area contributed by atoms with Crippen LogP contribution in [0.4, 0.5) is 0 Å². The lowest BCUT2D eigenvalue weighted by atomic mass is 9.86. The molecule has 0 heterocycles. The molecular formula is C14H18O3. The highest BCUT2D eigenvalue weighted by molar-refractivity contribution is 5.73.